The van der Waals surface area contributed by atoms with Gasteiger partial charge in [-0.3, -0.25) is 0 Å². The molecule has 0 heterocycles. The van der Waals surface area contributed by atoms with Crippen molar-refractivity contribution in [1.29, 1.82) is 0 Å². The zero-order valence-corrected chi connectivity index (χ0v) is 14.4. The van der Waals surface area contributed by atoms with Crippen molar-refractivity contribution >= 4 is 5.69 Å². The number of nitrogens with one attached hydrogen (secondary N) is 1. The maximum Gasteiger partial charge on any atom is 0.0363 e. The van der Waals surface area contributed by atoms with E-state index in [0.29, 0.717) is 6.04 Å². The van der Waals surface area contributed by atoms with Crippen molar-refractivity contribution in [3.63, 3.8) is 0 Å². The minimum Gasteiger partial charge on any atom is -0.374 e. The fourth-order valence-electron chi connectivity index (χ4n) is 3.96. The van der Waals surface area contributed by atoms with Gasteiger partial charge in [-0.05, 0) is 61.8 Å². The average molecular weight is 288 g/mol. The minimum atomic E-state index is 0.654. The van der Waals surface area contributed by atoms with Crippen LogP contribution in [0, 0.1) is 17.8 Å². The molecule has 21 heavy (non-hydrogen) atoms. The summed E-state index contributed by atoms with van der Waals surface area (Å²) in [6.07, 6.45) is 3.79. The highest BCUT2D eigenvalue weighted by molar-refractivity contribution is 5.47. The summed E-state index contributed by atoms with van der Waals surface area (Å²) in [7, 11) is 4.36. The Morgan fingerprint density at radius 1 is 1.14 bits per heavy atom. The highest BCUT2D eigenvalue weighted by Gasteiger charge is 2.33. The molecule has 2 nitrogen and oxygen atoms in total. The Balaban J connectivity index is 2.03. The normalized spacial score (nSPS) is 29.4. The Morgan fingerprint density at radius 2 is 1.81 bits per heavy atom. The van der Waals surface area contributed by atoms with E-state index in [2.05, 4.69) is 69.3 Å². The fourth-order valence-corrected chi connectivity index (χ4v) is 3.96. The number of hydrogen-bond donors (Lipinski definition) is 1. The summed E-state index contributed by atoms with van der Waals surface area (Å²) in [5.41, 5.74) is 2.76. The van der Waals surface area contributed by atoms with Gasteiger partial charge in [0.25, 0.3) is 0 Å². The molecule has 1 fully saturated rings. The van der Waals surface area contributed by atoms with Crippen LogP contribution in [0.5, 0.6) is 0 Å². The molecule has 1 aromatic rings. The Hall–Kier alpha value is -1.02. The standard InChI is InChI=1S/C19H32N2/c1-6-16-7-9-17(10-8-16)21(5)13-18-15(3)11-14(2)12-19(18)20-4/h7-10,14-15,18-20H,6,11-13H2,1-5H3. The van der Waals surface area contributed by atoms with E-state index in [1.54, 1.807) is 0 Å². The lowest BCUT2D eigenvalue weighted by Gasteiger charge is -2.41. The van der Waals surface area contributed by atoms with E-state index in [1.807, 2.05) is 0 Å². The number of anilines is 1. The second-order valence-electron chi connectivity index (χ2n) is 7.01. The average Bonchev–Trinajstić information content (AvgIpc) is 2.49. The van der Waals surface area contributed by atoms with Crippen LogP contribution in [0.1, 0.15) is 39.2 Å². The van der Waals surface area contributed by atoms with Crippen molar-refractivity contribution < 1.29 is 0 Å². The zero-order chi connectivity index (χ0) is 15.4. The third-order valence-corrected chi connectivity index (χ3v) is 5.32. The second kappa shape index (κ2) is 7.31. The molecule has 1 saturated carbocycles. The van der Waals surface area contributed by atoms with E-state index in [-0.39, 0.29) is 0 Å². The van der Waals surface area contributed by atoms with Crippen LogP contribution in [0.2, 0.25) is 0 Å². The third-order valence-electron chi connectivity index (χ3n) is 5.32. The van der Waals surface area contributed by atoms with E-state index in [4.69, 9.17) is 0 Å². The molecule has 2 heteroatoms. The number of nitrogens with zero attached hydrogens (tertiary/aromatic N) is 1. The van der Waals surface area contributed by atoms with Crippen LogP contribution in [0.15, 0.2) is 24.3 Å². The molecule has 1 aliphatic rings. The first-order valence-corrected chi connectivity index (χ1v) is 8.52. The van der Waals surface area contributed by atoms with E-state index in [1.165, 1.54) is 24.1 Å². The van der Waals surface area contributed by atoms with Gasteiger partial charge in [-0.2, -0.15) is 0 Å². The van der Waals surface area contributed by atoms with E-state index < -0.39 is 0 Å². The second-order valence-corrected chi connectivity index (χ2v) is 7.01. The molecule has 0 aromatic heterocycles. The molecular weight excluding hydrogens is 256 g/mol. The van der Waals surface area contributed by atoms with Crippen molar-refractivity contribution in [3.8, 4) is 0 Å². The van der Waals surface area contributed by atoms with E-state index in [0.717, 1.165) is 30.7 Å². The van der Waals surface area contributed by atoms with Crippen molar-refractivity contribution in [1.82, 2.24) is 5.32 Å². The van der Waals surface area contributed by atoms with Crippen LogP contribution in [0.3, 0.4) is 0 Å². The van der Waals surface area contributed by atoms with E-state index >= 15 is 0 Å². The first-order valence-electron chi connectivity index (χ1n) is 8.52. The highest BCUT2D eigenvalue weighted by atomic mass is 15.1. The quantitative estimate of drug-likeness (QED) is 0.882. The zero-order valence-electron chi connectivity index (χ0n) is 14.4. The summed E-state index contributed by atoms with van der Waals surface area (Å²) >= 11 is 0. The molecule has 4 atom stereocenters. The molecule has 118 valence electrons. The van der Waals surface area contributed by atoms with Gasteiger partial charge in [-0.25, -0.2) is 0 Å². The minimum absolute atomic E-state index is 0.654. The van der Waals surface area contributed by atoms with Crippen molar-refractivity contribution in [2.45, 2.75) is 46.1 Å². The molecule has 0 radical (unpaired) electrons. The lowest BCUT2D eigenvalue weighted by atomic mass is 9.72. The van der Waals surface area contributed by atoms with Gasteiger partial charge < -0.3 is 10.2 Å². The molecule has 0 spiro atoms. The van der Waals surface area contributed by atoms with Crippen LogP contribution >= 0.6 is 0 Å². The first kappa shape index (κ1) is 16.4. The smallest absolute Gasteiger partial charge is 0.0363 e. The van der Waals surface area contributed by atoms with Gasteiger partial charge in [0.1, 0.15) is 0 Å². The van der Waals surface area contributed by atoms with Gasteiger partial charge in [-0.15, -0.1) is 0 Å². The third kappa shape index (κ3) is 4.00. The molecule has 0 bridgehead atoms. The summed E-state index contributed by atoms with van der Waals surface area (Å²) in [5, 5.41) is 3.56. The fraction of sp³-hybridized carbons (Fsp3) is 0.684. The van der Waals surface area contributed by atoms with Crippen molar-refractivity contribution in [3.05, 3.63) is 29.8 Å². The lowest BCUT2D eigenvalue weighted by molar-refractivity contribution is 0.158. The van der Waals surface area contributed by atoms with Gasteiger partial charge in [0.05, 0.1) is 0 Å². The van der Waals surface area contributed by atoms with Crippen molar-refractivity contribution in [2.24, 2.45) is 17.8 Å². The van der Waals surface area contributed by atoms with Crippen molar-refractivity contribution in [2.75, 3.05) is 25.5 Å². The number of rotatable bonds is 5. The Bertz CT molecular complexity index is 426. The topological polar surface area (TPSA) is 15.3 Å². The lowest BCUT2D eigenvalue weighted by Crippen LogP contribution is -2.47. The van der Waals surface area contributed by atoms with Crippen LogP contribution in [-0.4, -0.2) is 26.7 Å². The molecule has 0 saturated heterocycles. The molecule has 4 unspecified atom stereocenters. The SMILES string of the molecule is CCc1ccc(N(C)CC2C(C)CC(C)CC2NC)cc1. The van der Waals surface area contributed by atoms with Crippen LogP contribution in [-0.2, 0) is 6.42 Å². The van der Waals surface area contributed by atoms with Gasteiger partial charge in [0, 0.05) is 25.3 Å². The summed E-state index contributed by atoms with van der Waals surface area (Å²) in [6.45, 7) is 8.18. The predicted octanol–water partition coefficient (Wildman–Crippen LogP) is 3.96. The van der Waals surface area contributed by atoms with Gasteiger partial charge in [-0.1, -0.05) is 32.9 Å². The number of aryl methyl sites for hydroxylation is 1. The summed E-state index contributed by atoms with van der Waals surface area (Å²) in [6, 6.07) is 9.70. The van der Waals surface area contributed by atoms with Gasteiger partial charge in [0.2, 0.25) is 0 Å². The largest absolute Gasteiger partial charge is 0.374 e. The van der Waals surface area contributed by atoms with Crippen LogP contribution < -0.4 is 10.2 Å². The van der Waals surface area contributed by atoms with Crippen LogP contribution in [0.25, 0.3) is 0 Å². The molecule has 0 aliphatic heterocycles. The molecule has 1 aromatic carbocycles. The first-order chi connectivity index (χ1) is 10.0. The Morgan fingerprint density at radius 3 is 2.38 bits per heavy atom. The monoisotopic (exact) mass is 288 g/mol. The molecule has 0 amide bonds. The summed E-state index contributed by atoms with van der Waals surface area (Å²) in [4.78, 5) is 2.43. The van der Waals surface area contributed by atoms with E-state index in [9.17, 15) is 0 Å². The highest BCUT2D eigenvalue weighted by Crippen LogP contribution is 2.34. The summed E-state index contributed by atoms with van der Waals surface area (Å²) in [5.74, 6) is 2.38. The summed E-state index contributed by atoms with van der Waals surface area (Å²) < 4.78 is 0. The van der Waals surface area contributed by atoms with Gasteiger partial charge in [0.15, 0.2) is 0 Å². The predicted molar refractivity (Wildman–Crippen MR) is 93.0 cm³/mol. The Kier molecular flexibility index (Phi) is 5.69. The maximum atomic E-state index is 3.56. The molecule has 1 N–H and O–H groups in total. The van der Waals surface area contributed by atoms with Gasteiger partial charge >= 0.3 is 0 Å². The number of hydrogen-bond acceptors (Lipinski definition) is 2. The Labute approximate surface area is 130 Å². The molecule has 1 aliphatic carbocycles. The van der Waals surface area contributed by atoms with Crippen LogP contribution in [0.4, 0.5) is 5.69 Å². The molecular formula is C19H32N2. The number of benzene rings is 1. The molecule has 2 rings (SSSR count). The maximum absolute atomic E-state index is 3.56.